The molecule has 94 valence electrons. The summed E-state index contributed by atoms with van der Waals surface area (Å²) in [5.41, 5.74) is -0.155. The van der Waals surface area contributed by atoms with Crippen molar-refractivity contribution in [1.29, 1.82) is 0 Å². The molecule has 2 rings (SSSR count). The van der Waals surface area contributed by atoms with Gasteiger partial charge in [0.2, 0.25) is 0 Å². The first-order valence-corrected chi connectivity index (χ1v) is 6.12. The minimum atomic E-state index is -4.04. The van der Waals surface area contributed by atoms with Crippen molar-refractivity contribution < 1.29 is 21.9 Å². The maximum Gasteiger partial charge on any atom is 0.373 e. The lowest BCUT2D eigenvalue weighted by atomic mass is 10.3. The van der Waals surface area contributed by atoms with Crippen LogP contribution in [-0.4, -0.2) is 13.3 Å². The monoisotopic (exact) mass is 269 g/mol. The zero-order valence-electron chi connectivity index (χ0n) is 8.85. The average molecular weight is 269 g/mol. The third-order valence-corrected chi connectivity index (χ3v) is 3.13. The molecule has 0 atom stereocenters. The van der Waals surface area contributed by atoms with Crippen LogP contribution in [0.1, 0.15) is 0 Å². The van der Waals surface area contributed by atoms with E-state index in [1.54, 1.807) is 0 Å². The highest BCUT2D eigenvalue weighted by Gasteiger charge is 2.20. The fourth-order valence-corrected chi connectivity index (χ4v) is 2.06. The van der Waals surface area contributed by atoms with E-state index in [0.29, 0.717) is 0 Å². The summed E-state index contributed by atoms with van der Waals surface area (Å²) in [6.45, 7) is 0. The van der Waals surface area contributed by atoms with E-state index in [9.17, 15) is 18.5 Å². The summed E-state index contributed by atoms with van der Waals surface area (Å²) < 4.78 is 32.7. The highest BCUT2D eigenvalue weighted by Crippen LogP contribution is 2.21. The number of hydrogen-bond acceptors (Lipinski definition) is 6. The molecule has 0 bridgehead atoms. The van der Waals surface area contributed by atoms with Gasteiger partial charge in [0, 0.05) is 12.1 Å². The Bertz CT molecular complexity index is 644. The number of benzene rings is 1. The van der Waals surface area contributed by atoms with Crippen LogP contribution >= 0.6 is 0 Å². The summed E-state index contributed by atoms with van der Waals surface area (Å²) >= 11 is 0. The first-order valence-electron chi connectivity index (χ1n) is 4.71. The van der Waals surface area contributed by atoms with Crippen LogP contribution in [0.4, 0.5) is 5.69 Å². The van der Waals surface area contributed by atoms with Crippen LogP contribution in [0, 0.1) is 10.1 Å². The first-order chi connectivity index (χ1) is 8.49. The topological polar surface area (TPSA) is 99.6 Å². The second kappa shape index (κ2) is 4.49. The van der Waals surface area contributed by atoms with E-state index >= 15 is 0 Å². The van der Waals surface area contributed by atoms with E-state index in [-0.39, 0.29) is 16.5 Å². The summed E-state index contributed by atoms with van der Waals surface area (Å²) in [6.07, 6.45) is 1.20. The summed E-state index contributed by atoms with van der Waals surface area (Å²) in [5.74, 6) is -0.0306. The van der Waals surface area contributed by atoms with E-state index < -0.39 is 15.0 Å². The minimum Gasteiger partial charge on any atom is -0.450 e. The number of nitro benzene ring substituents is 1. The number of rotatable bonds is 4. The van der Waals surface area contributed by atoms with Gasteiger partial charge in [0.1, 0.15) is 5.75 Å². The van der Waals surface area contributed by atoms with E-state index in [2.05, 4.69) is 0 Å². The third-order valence-electron chi connectivity index (χ3n) is 1.99. The second-order valence-electron chi connectivity index (χ2n) is 3.22. The smallest absolute Gasteiger partial charge is 0.373 e. The van der Waals surface area contributed by atoms with Gasteiger partial charge in [-0.2, -0.15) is 8.42 Å². The Labute approximate surface area is 102 Å². The molecule has 1 heterocycles. The Morgan fingerprint density at radius 3 is 2.33 bits per heavy atom. The van der Waals surface area contributed by atoms with Gasteiger partial charge < -0.3 is 8.60 Å². The zero-order chi connectivity index (χ0) is 13.2. The molecule has 8 heteroatoms. The van der Waals surface area contributed by atoms with Gasteiger partial charge in [-0.1, -0.05) is 0 Å². The molecule has 18 heavy (non-hydrogen) atoms. The van der Waals surface area contributed by atoms with Crippen LogP contribution < -0.4 is 4.18 Å². The molecular weight excluding hydrogens is 262 g/mol. The lowest BCUT2D eigenvalue weighted by Gasteiger charge is -2.03. The van der Waals surface area contributed by atoms with Crippen molar-refractivity contribution in [3.05, 3.63) is 52.8 Å². The largest absolute Gasteiger partial charge is 0.450 e. The fourth-order valence-electron chi connectivity index (χ4n) is 1.20. The highest BCUT2D eigenvalue weighted by molar-refractivity contribution is 7.87. The molecule has 0 N–H and O–H groups in total. The lowest BCUT2D eigenvalue weighted by molar-refractivity contribution is -0.384. The number of nitrogens with zero attached hydrogens (tertiary/aromatic N) is 1. The molecule has 0 radical (unpaired) electrons. The molecule has 0 aliphatic rings. The predicted octanol–water partition coefficient (Wildman–Crippen LogP) is 1.96. The van der Waals surface area contributed by atoms with Crippen LogP contribution in [0.15, 0.2) is 52.2 Å². The molecule has 1 aromatic carbocycles. The van der Waals surface area contributed by atoms with Gasteiger partial charge in [-0.3, -0.25) is 10.1 Å². The predicted molar refractivity (Wildman–Crippen MR) is 59.6 cm³/mol. The van der Waals surface area contributed by atoms with Gasteiger partial charge in [-0.05, 0) is 24.3 Å². The molecule has 0 saturated heterocycles. The number of non-ortho nitro benzene ring substituents is 1. The van der Waals surface area contributed by atoms with Gasteiger partial charge in [0.05, 0.1) is 11.2 Å². The van der Waals surface area contributed by atoms with Gasteiger partial charge >= 0.3 is 10.1 Å². The Kier molecular flexibility index (Phi) is 3.02. The molecule has 0 saturated carbocycles. The normalized spacial score (nSPS) is 11.1. The molecule has 0 aliphatic heterocycles. The second-order valence-corrected chi connectivity index (χ2v) is 4.70. The van der Waals surface area contributed by atoms with Crippen LogP contribution in [0.25, 0.3) is 0 Å². The maximum absolute atomic E-state index is 11.6. The molecule has 0 amide bonds. The Morgan fingerprint density at radius 2 is 1.83 bits per heavy atom. The van der Waals surface area contributed by atoms with Crippen LogP contribution in [0.5, 0.6) is 5.75 Å². The van der Waals surface area contributed by atoms with Crippen molar-refractivity contribution in [3.63, 3.8) is 0 Å². The number of nitro groups is 1. The van der Waals surface area contributed by atoms with Crippen LogP contribution in [0.2, 0.25) is 0 Å². The quantitative estimate of drug-likeness (QED) is 0.477. The Hall–Kier alpha value is -2.35. The van der Waals surface area contributed by atoms with Crippen molar-refractivity contribution >= 4 is 15.8 Å². The molecule has 1 aromatic heterocycles. The summed E-state index contributed by atoms with van der Waals surface area (Å²) in [5, 5.41) is 10.1. The van der Waals surface area contributed by atoms with Crippen molar-refractivity contribution in [2.24, 2.45) is 0 Å². The number of furan rings is 1. The standard InChI is InChI=1S/C10H7NO6S/c12-11(13)8-3-5-9(6-4-8)17-18(14,15)10-2-1-7-16-10/h1-7H. The van der Waals surface area contributed by atoms with Crippen molar-refractivity contribution in [1.82, 2.24) is 0 Å². The number of hydrogen-bond donors (Lipinski definition) is 0. The van der Waals surface area contributed by atoms with Crippen LogP contribution in [-0.2, 0) is 10.1 Å². The van der Waals surface area contributed by atoms with Crippen molar-refractivity contribution in [2.75, 3.05) is 0 Å². The summed E-state index contributed by atoms with van der Waals surface area (Å²) in [7, 11) is -4.04. The van der Waals surface area contributed by atoms with Gasteiger partial charge in [0.15, 0.2) is 0 Å². The molecular formula is C10H7NO6S. The van der Waals surface area contributed by atoms with E-state index in [0.717, 1.165) is 12.1 Å². The highest BCUT2D eigenvalue weighted by atomic mass is 32.2. The molecule has 0 unspecified atom stereocenters. The fraction of sp³-hybridized carbons (Fsp3) is 0. The Balaban J connectivity index is 2.22. The minimum absolute atomic E-state index is 0.0306. The van der Waals surface area contributed by atoms with Crippen molar-refractivity contribution in [3.8, 4) is 5.75 Å². The SMILES string of the molecule is O=[N+]([O-])c1ccc(OS(=O)(=O)c2ccco2)cc1. The van der Waals surface area contributed by atoms with Gasteiger partial charge in [0.25, 0.3) is 10.8 Å². The van der Waals surface area contributed by atoms with Crippen LogP contribution in [0.3, 0.4) is 0 Å². The van der Waals surface area contributed by atoms with E-state index in [1.165, 1.54) is 30.5 Å². The van der Waals surface area contributed by atoms with Gasteiger partial charge in [-0.15, -0.1) is 0 Å². The lowest BCUT2D eigenvalue weighted by Crippen LogP contribution is -2.08. The van der Waals surface area contributed by atoms with Gasteiger partial charge in [-0.25, -0.2) is 0 Å². The van der Waals surface area contributed by atoms with E-state index in [4.69, 9.17) is 8.60 Å². The Morgan fingerprint density at radius 1 is 1.17 bits per heavy atom. The molecule has 2 aromatic rings. The third kappa shape index (κ3) is 2.48. The zero-order valence-corrected chi connectivity index (χ0v) is 9.66. The van der Waals surface area contributed by atoms with Crippen molar-refractivity contribution in [2.45, 2.75) is 5.09 Å². The molecule has 7 nitrogen and oxygen atoms in total. The maximum atomic E-state index is 11.6. The summed E-state index contributed by atoms with van der Waals surface area (Å²) in [4.78, 5) is 9.82. The summed E-state index contributed by atoms with van der Waals surface area (Å²) in [6, 6.07) is 7.32. The molecule has 0 fully saturated rings. The molecule has 0 spiro atoms. The van der Waals surface area contributed by atoms with E-state index in [1.807, 2.05) is 0 Å². The first kappa shape index (κ1) is 12.1. The average Bonchev–Trinajstić information content (AvgIpc) is 2.83. The molecule has 0 aliphatic carbocycles.